The predicted molar refractivity (Wildman–Crippen MR) is 72.8 cm³/mol. The monoisotopic (exact) mass is 276 g/mol. The van der Waals surface area contributed by atoms with Crippen molar-refractivity contribution in [3.8, 4) is 5.88 Å². The smallest absolute Gasteiger partial charge is 0.373 e. The lowest BCUT2D eigenvalue weighted by atomic mass is 10.3. The van der Waals surface area contributed by atoms with E-state index >= 15 is 0 Å². The summed E-state index contributed by atoms with van der Waals surface area (Å²) >= 11 is 0. The first kappa shape index (κ1) is 13.9. The molecule has 0 bridgehead atoms. The number of aromatic nitrogens is 1. The molecule has 2 rings (SSSR count). The number of carbonyl (C=O) groups is 1. The third kappa shape index (κ3) is 3.28. The Bertz CT molecular complexity index is 580. The van der Waals surface area contributed by atoms with E-state index in [2.05, 4.69) is 15.0 Å². The molecular formula is C14H16N2O4. The highest BCUT2D eigenvalue weighted by Gasteiger charge is 2.11. The average molecular weight is 276 g/mol. The Morgan fingerprint density at radius 1 is 1.40 bits per heavy atom. The van der Waals surface area contributed by atoms with Crippen LogP contribution in [0.1, 0.15) is 23.2 Å². The van der Waals surface area contributed by atoms with Gasteiger partial charge >= 0.3 is 5.97 Å². The summed E-state index contributed by atoms with van der Waals surface area (Å²) in [5, 5.41) is 3.15. The first-order valence-electron chi connectivity index (χ1n) is 6.23. The molecule has 2 aromatic rings. The van der Waals surface area contributed by atoms with E-state index < -0.39 is 5.97 Å². The van der Waals surface area contributed by atoms with Gasteiger partial charge in [0.25, 0.3) is 0 Å². The quantitative estimate of drug-likeness (QED) is 0.817. The van der Waals surface area contributed by atoms with E-state index in [0.29, 0.717) is 24.8 Å². The van der Waals surface area contributed by atoms with Gasteiger partial charge in [0, 0.05) is 6.20 Å². The zero-order valence-corrected chi connectivity index (χ0v) is 11.4. The fourth-order valence-corrected chi connectivity index (χ4v) is 1.64. The molecule has 6 nitrogen and oxygen atoms in total. The maximum absolute atomic E-state index is 11.3. The van der Waals surface area contributed by atoms with Gasteiger partial charge in [-0.15, -0.1) is 0 Å². The summed E-state index contributed by atoms with van der Waals surface area (Å²) < 4.78 is 15.3. The van der Waals surface area contributed by atoms with E-state index in [9.17, 15) is 4.79 Å². The number of ether oxygens (including phenoxy) is 2. The Balaban J connectivity index is 2.02. The standard InChI is InChI=1S/C14H16N2O4/c1-3-19-13-11(5-4-8-15-13)16-9-10-6-7-12(20-10)14(17)18-2/h4-8,16H,3,9H2,1-2H3. The summed E-state index contributed by atoms with van der Waals surface area (Å²) in [7, 11) is 1.31. The molecular weight excluding hydrogens is 260 g/mol. The van der Waals surface area contributed by atoms with Crippen LogP contribution < -0.4 is 10.1 Å². The third-order valence-corrected chi connectivity index (χ3v) is 2.55. The second-order valence-corrected chi connectivity index (χ2v) is 3.90. The molecule has 0 unspecified atom stereocenters. The maximum atomic E-state index is 11.3. The minimum atomic E-state index is -0.493. The molecule has 0 saturated carbocycles. The van der Waals surface area contributed by atoms with E-state index in [1.807, 2.05) is 19.1 Å². The number of esters is 1. The summed E-state index contributed by atoms with van der Waals surface area (Å²) in [6.07, 6.45) is 1.67. The number of methoxy groups -OCH3 is 1. The van der Waals surface area contributed by atoms with Gasteiger partial charge in [0.05, 0.1) is 25.9 Å². The molecule has 0 aliphatic heterocycles. The van der Waals surface area contributed by atoms with Crippen LogP contribution in [0.2, 0.25) is 0 Å². The molecule has 0 aromatic carbocycles. The lowest BCUT2D eigenvalue weighted by molar-refractivity contribution is 0.0563. The molecule has 2 heterocycles. The van der Waals surface area contributed by atoms with E-state index in [1.165, 1.54) is 7.11 Å². The molecule has 0 aliphatic rings. The molecule has 6 heteroatoms. The maximum Gasteiger partial charge on any atom is 0.373 e. The number of pyridine rings is 1. The zero-order valence-electron chi connectivity index (χ0n) is 11.4. The van der Waals surface area contributed by atoms with Crippen molar-refractivity contribution in [2.24, 2.45) is 0 Å². The molecule has 106 valence electrons. The zero-order chi connectivity index (χ0) is 14.4. The van der Waals surface area contributed by atoms with Crippen molar-refractivity contribution < 1.29 is 18.7 Å². The molecule has 0 spiro atoms. The van der Waals surface area contributed by atoms with Crippen LogP contribution >= 0.6 is 0 Å². The van der Waals surface area contributed by atoms with E-state index in [1.54, 1.807) is 18.3 Å². The topological polar surface area (TPSA) is 73.6 Å². The number of nitrogens with one attached hydrogen (secondary N) is 1. The Morgan fingerprint density at radius 2 is 2.25 bits per heavy atom. The molecule has 0 fully saturated rings. The molecule has 0 aliphatic carbocycles. The lowest BCUT2D eigenvalue weighted by Gasteiger charge is -2.09. The highest BCUT2D eigenvalue weighted by Crippen LogP contribution is 2.21. The Labute approximate surface area is 116 Å². The van der Waals surface area contributed by atoms with Crippen LogP contribution in [0.5, 0.6) is 5.88 Å². The van der Waals surface area contributed by atoms with Crippen molar-refractivity contribution in [1.82, 2.24) is 4.98 Å². The van der Waals surface area contributed by atoms with Gasteiger partial charge in [-0.2, -0.15) is 0 Å². The van der Waals surface area contributed by atoms with Crippen molar-refractivity contribution >= 4 is 11.7 Å². The summed E-state index contributed by atoms with van der Waals surface area (Å²) in [5.74, 6) is 0.847. The van der Waals surface area contributed by atoms with Gasteiger partial charge in [0.15, 0.2) is 0 Å². The van der Waals surface area contributed by atoms with Crippen LogP contribution in [0.4, 0.5) is 5.69 Å². The molecule has 2 aromatic heterocycles. The van der Waals surface area contributed by atoms with Gasteiger partial charge < -0.3 is 19.2 Å². The van der Waals surface area contributed by atoms with Gasteiger partial charge in [0.1, 0.15) is 5.76 Å². The third-order valence-electron chi connectivity index (χ3n) is 2.55. The Kier molecular flexibility index (Phi) is 4.60. The minimum absolute atomic E-state index is 0.181. The number of carbonyl (C=O) groups excluding carboxylic acids is 1. The first-order valence-corrected chi connectivity index (χ1v) is 6.23. The lowest BCUT2D eigenvalue weighted by Crippen LogP contribution is -2.03. The number of hydrogen-bond acceptors (Lipinski definition) is 6. The first-order chi connectivity index (χ1) is 9.74. The summed E-state index contributed by atoms with van der Waals surface area (Å²) in [6.45, 7) is 2.86. The van der Waals surface area contributed by atoms with Crippen LogP contribution in [0.3, 0.4) is 0 Å². The fraction of sp³-hybridized carbons (Fsp3) is 0.286. The highest BCUT2D eigenvalue weighted by atomic mass is 16.5. The van der Waals surface area contributed by atoms with E-state index in [0.717, 1.165) is 5.69 Å². The summed E-state index contributed by atoms with van der Waals surface area (Å²) in [5.41, 5.74) is 0.769. The molecule has 0 radical (unpaired) electrons. The van der Waals surface area contributed by atoms with Crippen molar-refractivity contribution in [3.63, 3.8) is 0 Å². The van der Waals surface area contributed by atoms with Gasteiger partial charge in [-0.1, -0.05) is 0 Å². The van der Waals surface area contributed by atoms with Crippen molar-refractivity contribution in [3.05, 3.63) is 42.0 Å². The average Bonchev–Trinajstić information content (AvgIpc) is 2.95. The SMILES string of the molecule is CCOc1ncccc1NCc1ccc(C(=O)OC)o1. The largest absolute Gasteiger partial charge is 0.476 e. The van der Waals surface area contributed by atoms with Crippen LogP contribution in [-0.4, -0.2) is 24.7 Å². The van der Waals surface area contributed by atoms with Gasteiger partial charge in [0.2, 0.25) is 11.6 Å². The molecule has 20 heavy (non-hydrogen) atoms. The Hall–Kier alpha value is -2.50. The summed E-state index contributed by atoms with van der Waals surface area (Å²) in [4.78, 5) is 15.4. The number of anilines is 1. The fourth-order valence-electron chi connectivity index (χ4n) is 1.64. The van der Waals surface area contributed by atoms with Crippen LogP contribution in [0.25, 0.3) is 0 Å². The van der Waals surface area contributed by atoms with E-state index in [-0.39, 0.29) is 5.76 Å². The molecule has 0 atom stereocenters. The number of furan rings is 1. The normalized spacial score (nSPS) is 10.1. The van der Waals surface area contributed by atoms with Crippen LogP contribution in [0, 0.1) is 0 Å². The predicted octanol–water partition coefficient (Wildman–Crippen LogP) is 2.47. The minimum Gasteiger partial charge on any atom is -0.476 e. The highest BCUT2D eigenvalue weighted by molar-refractivity contribution is 5.86. The van der Waals surface area contributed by atoms with Crippen molar-refractivity contribution in [2.45, 2.75) is 13.5 Å². The van der Waals surface area contributed by atoms with Gasteiger partial charge in [-0.05, 0) is 31.2 Å². The summed E-state index contributed by atoms with van der Waals surface area (Å²) in [6, 6.07) is 6.97. The second kappa shape index (κ2) is 6.60. The van der Waals surface area contributed by atoms with Crippen molar-refractivity contribution in [1.29, 1.82) is 0 Å². The second-order valence-electron chi connectivity index (χ2n) is 3.90. The Morgan fingerprint density at radius 3 is 3.00 bits per heavy atom. The number of nitrogens with zero attached hydrogens (tertiary/aromatic N) is 1. The molecule has 1 N–H and O–H groups in total. The van der Waals surface area contributed by atoms with Crippen molar-refractivity contribution in [2.75, 3.05) is 19.0 Å². The number of hydrogen-bond donors (Lipinski definition) is 1. The molecule has 0 saturated heterocycles. The number of rotatable bonds is 6. The van der Waals surface area contributed by atoms with Crippen LogP contribution in [0.15, 0.2) is 34.9 Å². The van der Waals surface area contributed by atoms with Gasteiger partial charge in [-0.3, -0.25) is 0 Å². The molecule has 0 amide bonds. The van der Waals surface area contributed by atoms with E-state index in [4.69, 9.17) is 9.15 Å². The van der Waals surface area contributed by atoms with Gasteiger partial charge in [-0.25, -0.2) is 9.78 Å². The van der Waals surface area contributed by atoms with Crippen LogP contribution in [-0.2, 0) is 11.3 Å².